The fourth-order valence-electron chi connectivity index (χ4n) is 1.55. The molecule has 1 heterocycles. The van der Waals surface area contributed by atoms with Crippen LogP contribution >= 0.6 is 0 Å². The Hall–Kier alpha value is -2.26. The van der Waals surface area contributed by atoms with Gasteiger partial charge in [-0.2, -0.15) is 0 Å². The number of nitrogens with one attached hydrogen (secondary N) is 2. The van der Waals surface area contributed by atoms with Crippen LogP contribution in [0.25, 0.3) is 0 Å². The summed E-state index contributed by atoms with van der Waals surface area (Å²) in [6.45, 7) is 1.69. The van der Waals surface area contributed by atoms with Gasteiger partial charge in [0.05, 0.1) is 4.90 Å². The maximum atomic E-state index is 11.9. The number of carbonyl (C=O) groups is 1. The van der Waals surface area contributed by atoms with Gasteiger partial charge in [0, 0.05) is 19.8 Å². The van der Waals surface area contributed by atoms with Crippen molar-refractivity contribution in [3.05, 3.63) is 35.9 Å². The summed E-state index contributed by atoms with van der Waals surface area (Å²) in [4.78, 5) is 15.9. The second-order valence-corrected chi connectivity index (χ2v) is 6.66. The van der Waals surface area contributed by atoms with E-state index in [0.29, 0.717) is 11.5 Å². The maximum absolute atomic E-state index is 11.9. The molecule has 2 N–H and O–H groups in total. The first-order valence-corrected chi connectivity index (χ1v) is 7.47. The Morgan fingerprint density at radius 3 is 2.33 bits per heavy atom. The van der Waals surface area contributed by atoms with Gasteiger partial charge in [-0.25, -0.2) is 17.7 Å². The van der Waals surface area contributed by atoms with Crippen LogP contribution in [0.15, 0.2) is 29.2 Å². The topological polar surface area (TPSA) is 108 Å². The van der Waals surface area contributed by atoms with Gasteiger partial charge in [0.1, 0.15) is 5.82 Å². The van der Waals surface area contributed by atoms with Crippen LogP contribution in [0.2, 0.25) is 0 Å². The zero-order valence-electron chi connectivity index (χ0n) is 11.8. The van der Waals surface area contributed by atoms with E-state index >= 15 is 0 Å². The van der Waals surface area contributed by atoms with E-state index in [1.807, 2.05) is 0 Å². The fraction of sp³-hybridized carbons (Fsp3) is 0.250. The fourth-order valence-corrected chi connectivity index (χ4v) is 2.45. The van der Waals surface area contributed by atoms with E-state index < -0.39 is 15.9 Å². The molecule has 9 heteroatoms. The van der Waals surface area contributed by atoms with Crippen LogP contribution in [0.3, 0.4) is 0 Å². The molecular formula is C12H15N5O3S. The van der Waals surface area contributed by atoms with Gasteiger partial charge < -0.3 is 5.32 Å². The standard InChI is InChI=1S/C12H15N5O3S/c1-8-13-11(16-15-8)12(18)14-9-4-6-10(7-5-9)21(19,20)17(2)3/h4-7H,1-3H3,(H,14,18)(H,13,15,16). The molecule has 0 unspecified atom stereocenters. The Morgan fingerprint density at radius 2 is 1.86 bits per heavy atom. The normalized spacial score (nSPS) is 11.6. The van der Waals surface area contributed by atoms with E-state index in [-0.39, 0.29) is 10.7 Å². The van der Waals surface area contributed by atoms with Gasteiger partial charge in [-0.3, -0.25) is 9.89 Å². The van der Waals surface area contributed by atoms with Gasteiger partial charge >= 0.3 is 0 Å². The average molecular weight is 309 g/mol. The number of aryl methyl sites for hydroxylation is 1. The van der Waals surface area contributed by atoms with Gasteiger partial charge in [-0.05, 0) is 31.2 Å². The molecule has 0 radical (unpaired) electrons. The lowest BCUT2D eigenvalue weighted by atomic mass is 10.3. The van der Waals surface area contributed by atoms with Crippen LogP contribution in [0, 0.1) is 6.92 Å². The van der Waals surface area contributed by atoms with E-state index in [0.717, 1.165) is 4.31 Å². The molecule has 2 rings (SSSR count). The van der Waals surface area contributed by atoms with Gasteiger partial charge in [-0.1, -0.05) is 0 Å². The van der Waals surface area contributed by atoms with Crippen molar-refractivity contribution in [3.8, 4) is 0 Å². The Bertz CT molecular complexity index is 749. The number of hydrogen-bond acceptors (Lipinski definition) is 5. The van der Waals surface area contributed by atoms with E-state index in [2.05, 4.69) is 20.5 Å². The van der Waals surface area contributed by atoms with Gasteiger partial charge in [-0.15, -0.1) is 5.10 Å². The van der Waals surface area contributed by atoms with Crippen molar-refractivity contribution in [3.63, 3.8) is 0 Å². The predicted molar refractivity (Wildman–Crippen MR) is 76.4 cm³/mol. The summed E-state index contributed by atoms with van der Waals surface area (Å²) in [6.07, 6.45) is 0. The number of H-pyrrole nitrogens is 1. The molecule has 21 heavy (non-hydrogen) atoms. The summed E-state index contributed by atoms with van der Waals surface area (Å²) in [5, 5.41) is 8.90. The van der Waals surface area contributed by atoms with Crippen LogP contribution in [0.1, 0.15) is 16.4 Å². The van der Waals surface area contributed by atoms with Crippen molar-refractivity contribution in [1.82, 2.24) is 19.5 Å². The SMILES string of the molecule is Cc1nc(C(=O)Nc2ccc(S(=O)(=O)N(C)C)cc2)n[nH]1. The third-order valence-electron chi connectivity index (χ3n) is 2.69. The Kier molecular flexibility index (Phi) is 4.05. The highest BCUT2D eigenvalue weighted by Crippen LogP contribution is 2.16. The van der Waals surface area contributed by atoms with Crippen molar-refractivity contribution in [2.75, 3.05) is 19.4 Å². The molecule has 0 bridgehead atoms. The summed E-state index contributed by atoms with van der Waals surface area (Å²) in [7, 11) is -0.570. The molecule has 1 aromatic heterocycles. The lowest BCUT2D eigenvalue weighted by molar-refractivity contribution is 0.101. The van der Waals surface area contributed by atoms with Crippen LogP contribution in [-0.2, 0) is 10.0 Å². The summed E-state index contributed by atoms with van der Waals surface area (Å²) < 4.78 is 24.9. The Balaban J connectivity index is 2.15. The second kappa shape index (κ2) is 5.62. The quantitative estimate of drug-likeness (QED) is 0.860. The number of rotatable bonds is 4. The lowest BCUT2D eigenvalue weighted by Crippen LogP contribution is -2.22. The lowest BCUT2D eigenvalue weighted by Gasteiger charge is -2.11. The number of amides is 1. The van der Waals surface area contributed by atoms with Crippen LogP contribution in [0.4, 0.5) is 5.69 Å². The number of benzene rings is 1. The highest BCUT2D eigenvalue weighted by Gasteiger charge is 2.17. The third-order valence-corrected chi connectivity index (χ3v) is 4.52. The molecule has 0 saturated carbocycles. The number of carbonyl (C=O) groups excluding carboxylic acids is 1. The molecule has 0 aliphatic carbocycles. The molecule has 8 nitrogen and oxygen atoms in total. The molecule has 112 valence electrons. The second-order valence-electron chi connectivity index (χ2n) is 4.51. The van der Waals surface area contributed by atoms with E-state index in [1.54, 1.807) is 6.92 Å². The molecule has 1 amide bonds. The summed E-state index contributed by atoms with van der Waals surface area (Å²) in [6, 6.07) is 5.87. The van der Waals surface area contributed by atoms with E-state index in [9.17, 15) is 13.2 Å². The van der Waals surface area contributed by atoms with Crippen LogP contribution in [-0.4, -0.2) is 47.9 Å². The van der Waals surface area contributed by atoms with Crippen molar-refractivity contribution >= 4 is 21.6 Å². The van der Waals surface area contributed by atoms with Gasteiger partial charge in [0.15, 0.2) is 0 Å². The molecule has 2 aromatic rings. The summed E-state index contributed by atoms with van der Waals surface area (Å²) in [5.41, 5.74) is 0.458. The number of hydrogen-bond donors (Lipinski definition) is 2. The minimum atomic E-state index is -3.48. The van der Waals surface area contributed by atoms with Gasteiger partial charge in [0.25, 0.3) is 5.91 Å². The van der Waals surface area contributed by atoms with Crippen LogP contribution < -0.4 is 5.32 Å². The van der Waals surface area contributed by atoms with Crippen LogP contribution in [0.5, 0.6) is 0 Å². The minimum absolute atomic E-state index is 0.0255. The molecule has 0 fully saturated rings. The third kappa shape index (κ3) is 3.26. The molecule has 1 aromatic carbocycles. The molecule has 0 spiro atoms. The van der Waals surface area contributed by atoms with Gasteiger partial charge in [0.2, 0.25) is 15.8 Å². The molecule has 0 saturated heterocycles. The zero-order chi connectivity index (χ0) is 15.6. The molecule has 0 aliphatic heterocycles. The van der Waals surface area contributed by atoms with Crippen molar-refractivity contribution in [1.29, 1.82) is 0 Å². The number of aromatic nitrogens is 3. The number of nitrogens with zero attached hydrogens (tertiary/aromatic N) is 3. The maximum Gasteiger partial charge on any atom is 0.295 e. The summed E-state index contributed by atoms with van der Waals surface area (Å²) >= 11 is 0. The Labute approximate surface area is 122 Å². The number of aromatic amines is 1. The van der Waals surface area contributed by atoms with Crippen molar-refractivity contribution < 1.29 is 13.2 Å². The largest absolute Gasteiger partial charge is 0.319 e. The average Bonchev–Trinajstić information content (AvgIpc) is 2.86. The first-order valence-electron chi connectivity index (χ1n) is 6.03. The number of anilines is 1. The van der Waals surface area contributed by atoms with Crippen molar-refractivity contribution in [2.45, 2.75) is 11.8 Å². The molecule has 0 atom stereocenters. The molecule has 0 aliphatic rings. The number of sulfonamides is 1. The highest BCUT2D eigenvalue weighted by atomic mass is 32.2. The first kappa shape index (κ1) is 15.1. The first-order chi connectivity index (χ1) is 9.80. The smallest absolute Gasteiger partial charge is 0.295 e. The zero-order valence-corrected chi connectivity index (χ0v) is 12.6. The van der Waals surface area contributed by atoms with Crippen molar-refractivity contribution in [2.24, 2.45) is 0 Å². The monoisotopic (exact) mass is 309 g/mol. The Morgan fingerprint density at radius 1 is 1.24 bits per heavy atom. The molecular weight excluding hydrogens is 294 g/mol. The predicted octanol–water partition coefficient (Wildman–Crippen LogP) is 0.616. The minimum Gasteiger partial charge on any atom is -0.319 e. The summed E-state index contributed by atoms with van der Waals surface area (Å²) in [5.74, 6) is 0.0904. The van der Waals surface area contributed by atoms with E-state index in [4.69, 9.17) is 0 Å². The van der Waals surface area contributed by atoms with E-state index in [1.165, 1.54) is 38.4 Å². The highest BCUT2D eigenvalue weighted by molar-refractivity contribution is 7.89.